The average Bonchev–Trinajstić information content (AvgIpc) is 3.01. The molecule has 2 unspecified atom stereocenters. The van der Waals surface area contributed by atoms with Crippen molar-refractivity contribution in [3.63, 3.8) is 0 Å². The smallest absolute Gasteiger partial charge is 0.406 e. The molecule has 1 aliphatic carbocycles. The first-order valence-corrected chi connectivity index (χ1v) is 8.16. The summed E-state index contributed by atoms with van der Waals surface area (Å²) in [6, 6.07) is 0.656. The lowest BCUT2D eigenvalue weighted by molar-refractivity contribution is -0.303. The van der Waals surface area contributed by atoms with Crippen LogP contribution in [-0.2, 0) is 9.53 Å². The van der Waals surface area contributed by atoms with Gasteiger partial charge in [0.2, 0.25) is 0 Å². The first kappa shape index (κ1) is 16.3. The van der Waals surface area contributed by atoms with Crippen LogP contribution in [0.5, 0.6) is 0 Å². The highest BCUT2D eigenvalue weighted by molar-refractivity contribution is 6.53. The molecule has 4 aliphatic rings. The van der Waals surface area contributed by atoms with Gasteiger partial charge in [-0.25, -0.2) is 0 Å². The van der Waals surface area contributed by atoms with Crippen molar-refractivity contribution in [1.29, 1.82) is 0 Å². The van der Waals surface area contributed by atoms with Crippen LogP contribution in [0.25, 0.3) is 0 Å². The van der Waals surface area contributed by atoms with Gasteiger partial charge < -0.3 is 9.64 Å². The molecule has 0 aromatic carbocycles. The van der Waals surface area contributed by atoms with Crippen molar-refractivity contribution in [3.05, 3.63) is 23.5 Å². The maximum atomic E-state index is 12.9. The van der Waals surface area contributed by atoms with E-state index in [-0.39, 0.29) is 23.8 Å². The van der Waals surface area contributed by atoms with E-state index in [0.717, 1.165) is 12.8 Å². The number of halogens is 3. The number of likely N-dealkylation sites (N-methyl/N-ethyl adjacent to an activating group) is 1. The molecule has 0 radical (unpaired) electrons. The minimum atomic E-state index is -4.77. The summed E-state index contributed by atoms with van der Waals surface area (Å²) in [5.74, 6) is -0.606. The molecule has 2 saturated heterocycles. The molecule has 6 nitrogen and oxygen atoms in total. The summed E-state index contributed by atoms with van der Waals surface area (Å²) in [6.07, 6.45) is -0.0267. The van der Waals surface area contributed by atoms with Gasteiger partial charge in [-0.3, -0.25) is 9.69 Å². The average molecular weight is 354 g/mol. The van der Waals surface area contributed by atoms with Gasteiger partial charge in [0.15, 0.2) is 5.71 Å². The minimum Gasteiger partial charge on any atom is -0.406 e. The molecular formula is C16H17F3N4O2. The van der Waals surface area contributed by atoms with E-state index in [0.29, 0.717) is 36.5 Å². The summed E-state index contributed by atoms with van der Waals surface area (Å²) in [7, 11) is 2.06. The van der Waals surface area contributed by atoms with Crippen molar-refractivity contribution in [3.8, 4) is 0 Å². The Hall–Kier alpha value is -2.16. The van der Waals surface area contributed by atoms with Crippen LogP contribution >= 0.6 is 0 Å². The number of amides is 1. The Kier molecular flexibility index (Phi) is 3.71. The predicted octanol–water partition coefficient (Wildman–Crippen LogP) is 1.85. The van der Waals surface area contributed by atoms with Gasteiger partial charge in [0, 0.05) is 37.2 Å². The Morgan fingerprint density at radius 1 is 1.24 bits per heavy atom. The molecule has 2 atom stereocenters. The summed E-state index contributed by atoms with van der Waals surface area (Å²) in [5, 5.41) is 7.89. The molecule has 4 rings (SSSR count). The topological polar surface area (TPSA) is 57.5 Å². The molecule has 134 valence electrons. The van der Waals surface area contributed by atoms with Crippen molar-refractivity contribution in [2.24, 2.45) is 10.2 Å². The van der Waals surface area contributed by atoms with Crippen molar-refractivity contribution in [2.45, 2.75) is 37.7 Å². The van der Waals surface area contributed by atoms with Crippen LogP contribution in [-0.4, -0.2) is 65.7 Å². The maximum Gasteiger partial charge on any atom is 0.573 e. The van der Waals surface area contributed by atoms with Gasteiger partial charge in [-0.15, -0.1) is 18.3 Å². The number of nitrogens with zero attached hydrogens (tertiary/aromatic N) is 4. The number of rotatable bonds is 2. The molecular weight excluding hydrogens is 337 g/mol. The summed E-state index contributed by atoms with van der Waals surface area (Å²) in [4.78, 5) is 16.9. The van der Waals surface area contributed by atoms with Crippen LogP contribution in [0.2, 0.25) is 0 Å². The van der Waals surface area contributed by atoms with Crippen LogP contribution in [0.1, 0.15) is 19.3 Å². The maximum absolute atomic E-state index is 12.9. The van der Waals surface area contributed by atoms with Gasteiger partial charge in [0.1, 0.15) is 5.76 Å². The summed E-state index contributed by atoms with van der Waals surface area (Å²) in [6.45, 7) is 1.21. The van der Waals surface area contributed by atoms with Crippen molar-refractivity contribution >= 4 is 17.3 Å². The molecule has 3 heterocycles. The number of likely N-dealkylation sites (tertiary alicyclic amines) is 1. The number of hydrogen-bond acceptors (Lipinski definition) is 5. The molecule has 25 heavy (non-hydrogen) atoms. The van der Waals surface area contributed by atoms with Crippen molar-refractivity contribution in [1.82, 2.24) is 9.80 Å². The SMILES string of the molecule is CN1C2CCC1CN(C(=O)C1=NN=C3CC=C(OC(F)(F)F)C=C31)C2. The molecule has 0 N–H and O–H groups in total. The molecule has 1 amide bonds. The number of carbonyl (C=O) groups is 1. The molecule has 9 heteroatoms. The monoisotopic (exact) mass is 354 g/mol. The van der Waals surface area contributed by atoms with E-state index in [1.54, 1.807) is 4.90 Å². The molecule has 0 saturated carbocycles. The summed E-state index contributed by atoms with van der Waals surface area (Å²) >= 11 is 0. The van der Waals surface area contributed by atoms with E-state index < -0.39 is 6.36 Å². The molecule has 0 aromatic rings. The van der Waals surface area contributed by atoms with Crippen LogP contribution in [0, 0.1) is 0 Å². The second-order valence-corrected chi connectivity index (χ2v) is 6.67. The quantitative estimate of drug-likeness (QED) is 0.761. The van der Waals surface area contributed by atoms with Gasteiger partial charge in [0.25, 0.3) is 5.91 Å². The highest BCUT2D eigenvalue weighted by Gasteiger charge is 2.42. The fourth-order valence-electron chi connectivity index (χ4n) is 3.85. The Morgan fingerprint density at radius 3 is 2.56 bits per heavy atom. The minimum absolute atomic E-state index is 0.107. The Labute approximate surface area is 142 Å². The normalized spacial score (nSPS) is 28.9. The third-order valence-corrected chi connectivity index (χ3v) is 5.19. The third kappa shape index (κ3) is 2.97. The Balaban J connectivity index is 1.52. The standard InChI is InChI=1S/C16H17F3N4O2/c1-22-9-2-3-10(22)8-23(7-9)15(24)14-12-6-11(25-16(17,18)19)4-5-13(12)20-21-14/h4,6,9-10H,2-3,5,7-8H2,1H3. The number of carbonyl (C=O) groups excluding carboxylic acids is 1. The summed E-state index contributed by atoms with van der Waals surface area (Å²) < 4.78 is 41.2. The molecule has 2 fully saturated rings. The zero-order chi connectivity index (χ0) is 17.8. The van der Waals surface area contributed by atoms with Gasteiger partial charge in [-0.1, -0.05) is 0 Å². The zero-order valence-corrected chi connectivity index (χ0v) is 13.6. The fraction of sp³-hybridized carbons (Fsp3) is 0.562. The van der Waals surface area contributed by atoms with Crippen molar-refractivity contribution in [2.75, 3.05) is 20.1 Å². The lowest BCUT2D eigenvalue weighted by atomic mass is 9.97. The highest BCUT2D eigenvalue weighted by Crippen LogP contribution is 2.31. The number of piperazine rings is 1. The number of alkyl halides is 3. The van der Waals surface area contributed by atoms with Gasteiger partial charge in [-0.2, -0.15) is 5.10 Å². The fourth-order valence-corrected chi connectivity index (χ4v) is 3.85. The van der Waals surface area contributed by atoms with E-state index in [1.165, 1.54) is 12.2 Å². The molecule has 0 aromatic heterocycles. The van der Waals surface area contributed by atoms with Gasteiger partial charge in [0.05, 0.1) is 5.71 Å². The van der Waals surface area contributed by atoms with Crippen LogP contribution in [0.4, 0.5) is 13.2 Å². The van der Waals surface area contributed by atoms with Gasteiger partial charge >= 0.3 is 6.36 Å². The highest BCUT2D eigenvalue weighted by atomic mass is 19.4. The van der Waals surface area contributed by atoms with E-state index in [2.05, 4.69) is 26.9 Å². The van der Waals surface area contributed by atoms with Crippen LogP contribution < -0.4 is 0 Å². The molecule has 3 aliphatic heterocycles. The second kappa shape index (κ2) is 5.69. The van der Waals surface area contributed by atoms with Crippen LogP contribution in [0.15, 0.2) is 33.7 Å². The second-order valence-electron chi connectivity index (χ2n) is 6.67. The van der Waals surface area contributed by atoms with Crippen LogP contribution in [0.3, 0.4) is 0 Å². The van der Waals surface area contributed by atoms with Gasteiger partial charge in [-0.05, 0) is 32.0 Å². The lowest BCUT2D eigenvalue weighted by Gasteiger charge is -2.38. The lowest BCUT2D eigenvalue weighted by Crippen LogP contribution is -2.55. The first-order valence-electron chi connectivity index (χ1n) is 8.16. The number of fused-ring (bicyclic) bond motifs is 3. The Morgan fingerprint density at radius 2 is 1.92 bits per heavy atom. The zero-order valence-electron chi connectivity index (χ0n) is 13.6. The summed E-state index contributed by atoms with van der Waals surface area (Å²) in [5.41, 5.74) is 0.934. The first-order chi connectivity index (χ1) is 11.8. The number of ether oxygens (including phenoxy) is 1. The van der Waals surface area contributed by atoms with Crippen molar-refractivity contribution < 1.29 is 22.7 Å². The largest absolute Gasteiger partial charge is 0.573 e. The predicted molar refractivity (Wildman–Crippen MR) is 83.9 cm³/mol. The van der Waals surface area contributed by atoms with E-state index in [4.69, 9.17) is 0 Å². The molecule has 0 spiro atoms. The third-order valence-electron chi connectivity index (χ3n) is 5.19. The molecule has 2 bridgehead atoms. The van der Waals surface area contributed by atoms with E-state index in [1.807, 2.05) is 0 Å². The van der Waals surface area contributed by atoms with E-state index in [9.17, 15) is 18.0 Å². The van der Waals surface area contributed by atoms with E-state index >= 15 is 0 Å². The number of allylic oxidation sites excluding steroid dienone is 2. The number of hydrogen-bond donors (Lipinski definition) is 0. The Bertz CT molecular complexity index is 724.